The molecule has 0 aliphatic carbocycles. The van der Waals surface area contributed by atoms with E-state index in [1.54, 1.807) is 50.2 Å². The minimum Gasteiger partial charge on any atom is -0.361 e. The van der Waals surface area contributed by atoms with Crippen LogP contribution in [0.4, 0.5) is 18.0 Å². The molecule has 3 heterocycles. The van der Waals surface area contributed by atoms with Gasteiger partial charge in [0, 0.05) is 51.4 Å². The maximum Gasteiger partial charge on any atom is 0.417 e. The van der Waals surface area contributed by atoms with Gasteiger partial charge < -0.3 is 19.2 Å². The van der Waals surface area contributed by atoms with Gasteiger partial charge >= 0.3 is 12.2 Å². The number of rotatable bonds is 5. The number of likely N-dealkylation sites (tertiary alicyclic amines) is 1. The minimum absolute atomic E-state index is 0.112. The van der Waals surface area contributed by atoms with Crippen LogP contribution in [0.1, 0.15) is 45.4 Å². The van der Waals surface area contributed by atoms with Crippen LogP contribution in [0.3, 0.4) is 0 Å². The van der Waals surface area contributed by atoms with Crippen LogP contribution >= 0.6 is 23.2 Å². The molecule has 3 amide bonds. The summed E-state index contributed by atoms with van der Waals surface area (Å²) in [7, 11) is 3.24. The third kappa shape index (κ3) is 6.47. The highest BCUT2D eigenvalue weighted by molar-refractivity contribution is 6.42. The number of nitrogens with zero attached hydrogens (tertiary/aromatic N) is 5. The molecule has 0 bridgehead atoms. The fourth-order valence-corrected chi connectivity index (χ4v) is 5.02. The zero-order chi connectivity index (χ0) is 28.5. The number of aryl methyl sites for hydroxylation is 1. The molecule has 0 radical (unpaired) electrons. The van der Waals surface area contributed by atoms with E-state index in [1.807, 2.05) is 0 Å². The lowest BCUT2D eigenvalue weighted by Crippen LogP contribution is -2.54. The van der Waals surface area contributed by atoms with Gasteiger partial charge in [0.1, 0.15) is 17.1 Å². The lowest BCUT2D eigenvalue weighted by molar-refractivity contribution is -0.137. The fourth-order valence-electron chi connectivity index (χ4n) is 4.71. The monoisotopic (exact) mass is 583 g/mol. The lowest BCUT2D eigenvalue weighted by atomic mass is 9.85. The maximum absolute atomic E-state index is 13.3. The molecule has 2 aromatic heterocycles. The Balaban J connectivity index is 1.56. The van der Waals surface area contributed by atoms with E-state index in [2.05, 4.69) is 10.1 Å². The van der Waals surface area contributed by atoms with Crippen molar-refractivity contribution < 1.29 is 27.3 Å². The first-order valence-corrected chi connectivity index (χ1v) is 12.8. The van der Waals surface area contributed by atoms with E-state index in [0.29, 0.717) is 40.7 Å². The number of hydrogen-bond donors (Lipinski definition) is 0. The Kier molecular flexibility index (Phi) is 8.41. The molecule has 1 aromatic carbocycles. The van der Waals surface area contributed by atoms with E-state index < -0.39 is 23.7 Å². The van der Waals surface area contributed by atoms with E-state index >= 15 is 0 Å². The molecule has 1 aliphatic heterocycles. The fraction of sp³-hybridized carbons (Fsp3) is 0.385. The SMILES string of the molecule is Cc1cc(CN(C)C(=O)N2CC[C@@H](N(C)C(=O)c3ccc(C(F)(F)F)cn3)[C@H](c3ccc(Cl)c(Cl)c3)C2)no1. The molecule has 1 saturated heterocycles. The molecule has 8 nitrogen and oxygen atoms in total. The second-order valence-corrected chi connectivity index (χ2v) is 10.3. The van der Waals surface area contributed by atoms with Gasteiger partial charge in [-0.05, 0) is 43.2 Å². The summed E-state index contributed by atoms with van der Waals surface area (Å²) < 4.78 is 43.9. The van der Waals surface area contributed by atoms with Crippen molar-refractivity contribution in [2.75, 3.05) is 27.2 Å². The Hall–Kier alpha value is -3.31. The maximum atomic E-state index is 13.3. The average molecular weight is 584 g/mol. The molecule has 0 N–H and O–H groups in total. The Labute approximate surface area is 233 Å². The number of carbonyl (C=O) groups excluding carboxylic acids is 2. The van der Waals surface area contributed by atoms with Crippen molar-refractivity contribution in [2.24, 2.45) is 0 Å². The van der Waals surface area contributed by atoms with Crippen LogP contribution in [0.15, 0.2) is 47.1 Å². The summed E-state index contributed by atoms with van der Waals surface area (Å²) in [6.07, 6.45) is -3.50. The molecule has 0 saturated carbocycles. The first-order valence-electron chi connectivity index (χ1n) is 12.0. The molecule has 4 rings (SSSR count). The number of alkyl halides is 3. The predicted molar refractivity (Wildman–Crippen MR) is 139 cm³/mol. The van der Waals surface area contributed by atoms with Crippen molar-refractivity contribution in [1.82, 2.24) is 24.8 Å². The first-order chi connectivity index (χ1) is 18.3. The summed E-state index contributed by atoms with van der Waals surface area (Å²) >= 11 is 12.4. The molecule has 2 atom stereocenters. The molecular weight excluding hydrogens is 558 g/mol. The van der Waals surface area contributed by atoms with Crippen LogP contribution in [0, 0.1) is 6.92 Å². The van der Waals surface area contributed by atoms with Crippen LogP contribution in [0.5, 0.6) is 0 Å². The largest absolute Gasteiger partial charge is 0.417 e. The van der Waals surface area contributed by atoms with Crippen LogP contribution in [0.25, 0.3) is 0 Å². The van der Waals surface area contributed by atoms with Crippen molar-refractivity contribution in [3.05, 3.63) is 80.9 Å². The number of pyridine rings is 1. The summed E-state index contributed by atoms with van der Waals surface area (Å²) in [6, 6.07) is 8.17. The molecule has 1 aliphatic rings. The number of piperidine rings is 1. The number of urea groups is 1. The minimum atomic E-state index is -4.56. The van der Waals surface area contributed by atoms with Crippen molar-refractivity contribution >= 4 is 35.1 Å². The molecule has 0 spiro atoms. The number of hydrogen-bond acceptors (Lipinski definition) is 5. The van der Waals surface area contributed by atoms with Crippen molar-refractivity contribution in [3.63, 3.8) is 0 Å². The standard InChI is InChI=1S/C26H26Cl2F3N5O3/c1-15-10-18(33-39-15)13-34(2)25(38)36-9-8-23(19(14-36)16-4-6-20(27)21(28)11-16)35(3)24(37)22-7-5-17(12-32-22)26(29,30)31/h4-7,10-12,19,23H,8-9,13-14H2,1-3H3/t19-,23+/m0/s1. The van der Waals surface area contributed by atoms with Gasteiger partial charge in [0.2, 0.25) is 0 Å². The summed E-state index contributed by atoms with van der Waals surface area (Å²) in [6.45, 7) is 2.64. The summed E-state index contributed by atoms with van der Waals surface area (Å²) in [5.41, 5.74) is 0.335. The topological polar surface area (TPSA) is 82.8 Å². The summed E-state index contributed by atoms with van der Waals surface area (Å²) in [4.78, 5) is 35.0. The van der Waals surface area contributed by atoms with Crippen LogP contribution in [0.2, 0.25) is 10.0 Å². The molecule has 0 unspecified atom stereocenters. The third-order valence-corrected chi connectivity index (χ3v) is 7.49. The van der Waals surface area contributed by atoms with Crippen LogP contribution in [-0.2, 0) is 12.7 Å². The zero-order valence-corrected chi connectivity index (χ0v) is 22.9. The third-order valence-electron chi connectivity index (χ3n) is 6.75. The number of halogens is 5. The summed E-state index contributed by atoms with van der Waals surface area (Å²) in [5, 5.41) is 4.63. The highest BCUT2D eigenvalue weighted by atomic mass is 35.5. The quantitative estimate of drug-likeness (QED) is 0.374. The van der Waals surface area contributed by atoms with Gasteiger partial charge in [-0.15, -0.1) is 0 Å². The highest BCUT2D eigenvalue weighted by Crippen LogP contribution is 2.35. The number of amides is 3. The van der Waals surface area contributed by atoms with Gasteiger partial charge in [0.15, 0.2) is 0 Å². The number of carbonyl (C=O) groups is 2. The second kappa shape index (κ2) is 11.4. The Morgan fingerprint density at radius 1 is 1.13 bits per heavy atom. The molecular formula is C26H26Cl2F3N5O3. The van der Waals surface area contributed by atoms with Crippen LogP contribution in [-0.4, -0.2) is 70.0 Å². The van der Waals surface area contributed by atoms with Gasteiger partial charge in [0.25, 0.3) is 5.91 Å². The smallest absolute Gasteiger partial charge is 0.361 e. The first kappa shape index (κ1) is 28.7. The van der Waals surface area contributed by atoms with Gasteiger partial charge in [-0.2, -0.15) is 13.2 Å². The zero-order valence-electron chi connectivity index (χ0n) is 21.4. The van der Waals surface area contributed by atoms with Gasteiger partial charge in [-0.3, -0.25) is 9.78 Å². The van der Waals surface area contributed by atoms with E-state index in [0.717, 1.165) is 17.7 Å². The normalized spacial score (nSPS) is 17.7. The average Bonchev–Trinajstić information content (AvgIpc) is 3.32. The predicted octanol–water partition coefficient (Wildman–Crippen LogP) is 5.89. The van der Waals surface area contributed by atoms with E-state index in [9.17, 15) is 22.8 Å². The lowest BCUT2D eigenvalue weighted by Gasteiger charge is -2.43. The van der Waals surface area contributed by atoms with Gasteiger partial charge in [-0.1, -0.05) is 34.4 Å². The number of aromatic nitrogens is 2. The van der Waals surface area contributed by atoms with Gasteiger partial charge in [0.05, 0.1) is 22.2 Å². The number of benzene rings is 1. The van der Waals surface area contributed by atoms with Crippen LogP contribution < -0.4 is 0 Å². The molecule has 39 heavy (non-hydrogen) atoms. The van der Waals surface area contributed by atoms with Crippen molar-refractivity contribution in [3.8, 4) is 0 Å². The van der Waals surface area contributed by atoms with Crippen molar-refractivity contribution in [2.45, 2.75) is 38.0 Å². The van der Waals surface area contributed by atoms with E-state index in [4.69, 9.17) is 27.7 Å². The number of likely N-dealkylation sites (N-methyl/N-ethyl adjacent to an activating group) is 1. The molecule has 13 heteroatoms. The summed E-state index contributed by atoms with van der Waals surface area (Å²) in [5.74, 6) is -0.248. The molecule has 3 aromatic rings. The Morgan fingerprint density at radius 2 is 1.87 bits per heavy atom. The van der Waals surface area contributed by atoms with E-state index in [1.165, 1.54) is 9.80 Å². The van der Waals surface area contributed by atoms with Crippen molar-refractivity contribution in [1.29, 1.82) is 0 Å². The Bertz CT molecular complexity index is 1350. The Morgan fingerprint density at radius 3 is 2.46 bits per heavy atom. The van der Waals surface area contributed by atoms with E-state index in [-0.39, 0.29) is 30.7 Å². The molecule has 208 valence electrons. The highest BCUT2D eigenvalue weighted by Gasteiger charge is 2.38. The van der Waals surface area contributed by atoms with Gasteiger partial charge in [-0.25, -0.2) is 4.79 Å². The molecule has 1 fully saturated rings. The second-order valence-electron chi connectivity index (χ2n) is 9.50.